The van der Waals surface area contributed by atoms with Gasteiger partial charge in [-0.25, -0.2) is 4.98 Å². The van der Waals surface area contributed by atoms with Gasteiger partial charge >= 0.3 is 0 Å². The first-order chi connectivity index (χ1) is 8.31. The largest absolute Gasteiger partial charge is 0.376 e. The topological polar surface area (TPSA) is 73.1 Å². The normalized spacial score (nSPS) is 14.4. The number of ether oxygens (including phenoxy) is 1. The average molecular weight is 236 g/mol. The van der Waals surface area contributed by atoms with Crippen LogP contribution < -0.4 is 11.1 Å². The molecule has 0 atom stereocenters. The van der Waals surface area contributed by atoms with E-state index in [1.807, 2.05) is 0 Å². The highest BCUT2D eigenvalue weighted by Gasteiger charge is 2.17. The van der Waals surface area contributed by atoms with Gasteiger partial charge in [0.15, 0.2) is 0 Å². The molecule has 0 saturated heterocycles. The van der Waals surface area contributed by atoms with Crippen molar-refractivity contribution in [2.75, 3.05) is 24.2 Å². The van der Waals surface area contributed by atoms with Crippen LogP contribution in [0.3, 0.4) is 0 Å². The first kappa shape index (κ1) is 12.1. The van der Waals surface area contributed by atoms with E-state index >= 15 is 0 Å². The van der Waals surface area contributed by atoms with Gasteiger partial charge in [0.2, 0.25) is 5.95 Å². The molecule has 0 aliphatic carbocycles. The predicted octanol–water partition coefficient (Wildman–Crippen LogP) is 1.73. The van der Waals surface area contributed by atoms with Gasteiger partial charge in [0, 0.05) is 18.5 Å². The zero-order valence-electron chi connectivity index (χ0n) is 10.3. The molecule has 1 aromatic heterocycles. The monoisotopic (exact) mass is 236 g/mol. The zero-order valence-corrected chi connectivity index (χ0v) is 10.3. The molecule has 1 aliphatic heterocycles. The van der Waals surface area contributed by atoms with Crippen LogP contribution in [0, 0.1) is 0 Å². The number of hydrogen-bond acceptors (Lipinski definition) is 5. The summed E-state index contributed by atoms with van der Waals surface area (Å²) >= 11 is 0. The van der Waals surface area contributed by atoms with E-state index in [1.165, 1.54) is 12.8 Å². The summed E-state index contributed by atoms with van der Waals surface area (Å²) in [5.74, 6) is 1.20. The van der Waals surface area contributed by atoms with Gasteiger partial charge in [-0.05, 0) is 6.42 Å². The zero-order chi connectivity index (χ0) is 12.1. The molecule has 0 fully saturated rings. The Morgan fingerprint density at radius 3 is 3.06 bits per heavy atom. The molecule has 2 rings (SSSR count). The van der Waals surface area contributed by atoms with Crippen molar-refractivity contribution < 1.29 is 4.74 Å². The Kier molecular flexibility index (Phi) is 4.14. The maximum atomic E-state index is 5.71. The van der Waals surface area contributed by atoms with Crippen molar-refractivity contribution in [3.05, 3.63) is 11.3 Å². The van der Waals surface area contributed by atoms with Gasteiger partial charge < -0.3 is 15.8 Å². The molecule has 0 spiro atoms. The van der Waals surface area contributed by atoms with Crippen LogP contribution in [0.4, 0.5) is 11.8 Å². The minimum Gasteiger partial charge on any atom is -0.376 e. The third-order valence-corrected chi connectivity index (χ3v) is 2.91. The molecule has 0 radical (unpaired) electrons. The lowest BCUT2D eigenvalue weighted by atomic mass is 10.1. The van der Waals surface area contributed by atoms with Crippen LogP contribution in [0.5, 0.6) is 0 Å². The average Bonchev–Trinajstić information content (AvgIpc) is 2.34. The fraction of sp³-hybridized carbons (Fsp3) is 0.667. The van der Waals surface area contributed by atoms with Crippen LogP contribution in [0.15, 0.2) is 0 Å². The molecule has 17 heavy (non-hydrogen) atoms. The SMILES string of the molecule is CCCCCNc1nc(N)nc2c1COCC2. The van der Waals surface area contributed by atoms with E-state index in [0.717, 1.165) is 43.1 Å². The first-order valence-corrected chi connectivity index (χ1v) is 6.28. The van der Waals surface area contributed by atoms with E-state index in [-0.39, 0.29) is 0 Å². The van der Waals surface area contributed by atoms with Crippen molar-refractivity contribution in [3.8, 4) is 0 Å². The molecular formula is C12H20N4O. The molecule has 2 heterocycles. The van der Waals surface area contributed by atoms with E-state index in [0.29, 0.717) is 12.6 Å². The number of nitrogens with two attached hydrogens (primary N) is 1. The van der Waals surface area contributed by atoms with E-state index < -0.39 is 0 Å². The molecule has 5 nitrogen and oxygen atoms in total. The summed E-state index contributed by atoms with van der Waals surface area (Å²) in [5, 5.41) is 3.34. The van der Waals surface area contributed by atoms with Crippen LogP contribution in [0.1, 0.15) is 37.4 Å². The van der Waals surface area contributed by atoms with Gasteiger partial charge in [0.25, 0.3) is 0 Å². The summed E-state index contributed by atoms with van der Waals surface area (Å²) < 4.78 is 5.44. The minimum absolute atomic E-state index is 0.351. The predicted molar refractivity (Wildman–Crippen MR) is 67.8 cm³/mol. The molecule has 1 aliphatic rings. The molecule has 0 aromatic carbocycles. The van der Waals surface area contributed by atoms with Gasteiger partial charge in [-0.15, -0.1) is 0 Å². The highest BCUT2D eigenvalue weighted by Crippen LogP contribution is 2.22. The second-order valence-electron chi connectivity index (χ2n) is 4.29. The molecular weight excluding hydrogens is 216 g/mol. The number of hydrogen-bond donors (Lipinski definition) is 2. The Morgan fingerprint density at radius 1 is 1.35 bits per heavy atom. The number of nitrogens with zero attached hydrogens (tertiary/aromatic N) is 2. The number of fused-ring (bicyclic) bond motifs is 1. The second kappa shape index (κ2) is 5.82. The Labute approximate surface area is 102 Å². The lowest BCUT2D eigenvalue weighted by molar-refractivity contribution is 0.109. The summed E-state index contributed by atoms with van der Waals surface area (Å²) in [7, 11) is 0. The van der Waals surface area contributed by atoms with Gasteiger partial charge in [-0.3, -0.25) is 0 Å². The summed E-state index contributed by atoms with van der Waals surface area (Å²) in [6.07, 6.45) is 4.42. The summed E-state index contributed by atoms with van der Waals surface area (Å²) in [6, 6.07) is 0. The quantitative estimate of drug-likeness (QED) is 0.762. The Bertz CT molecular complexity index is 381. The van der Waals surface area contributed by atoms with E-state index in [9.17, 15) is 0 Å². The summed E-state index contributed by atoms with van der Waals surface area (Å²) in [6.45, 7) is 4.43. The molecule has 0 bridgehead atoms. The van der Waals surface area contributed by atoms with Crippen molar-refractivity contribution in [2.45, 2.75) is 39.2 Å². The second-order valence-corrected chi connectivity index (χ2v) is 4.29. The number of anilines is 2. The number of aromatic nitrogens is 2. The lowest BCUT2D eigenvalue weighted by Crippen LogP contribution is -2.18. The fourth-order valence-electron chi connectivity index (χ4n) is 1.98. The Morgan fingerprint density at radius 2 is 2.24 bits per heavy atom. The molecule has 0 unspecified atom stereocenters. The fourth-order valence-corrected chi connectivity index (χ4v) is 1.98. The maximum Gasteiger partial charge on any atom is 0.222 e. The minimum atomic E-state index is 0.351. The van der Waals surface area contributed by atoms with Crippen LogP contribution >= 0.6 is 0 Å². The highest BCUT2D eigenvalue weighted by molar-refractivity contribution is 5.50. The number of nitrogen functional groups attached to an aromatic ring is 1. The molecule has 3 N–H and O–H groups in total. The third-order valence-electron chi connectivity index (χ3n) is 2.91. The Hall–Kier alpha value is -1.36. The van der Waals surface area contributed by atoms with Crippen molar-refractivity contribution >= 4 is 11.8 Å². The summed E-state index contributed by atoms with van der Waals surface area (Å²) in [4.78, 5) is 8.53. The van der Waals surface area contributed by atoms with Gasteiger partial charge in [-0.1, -0.05) is 19.8 Å². The molecule has 5 heteroatoms. The van der Waals surface area contributed by atoms with Crippen molar-refractivity contribution in [1.82, 2.24) is 9.97 Å². The van der Waals surface area contributed by atoms with Crippen molar-refractivity contribution in [3.63, 3.8) is 0 Å². The van der Waals surface area contributed by atoms with Crippen LogP contribution in [-0.2, 0) is 17.8 Å². The van der Waals surface area contributed by atoms with Gasteiger partial charge in [0.05, 0.1) is 18.9 Å². The standard InChI is InChI=1S/C12H20N4O/c1-2-3-4-6-14-11-9-8-17-7-5-10(9)15-12(13)16-11/h2-8H2,1H3,(H3,13,14,15,16). The van der Waals surface area contributed by atoms with E-state index in [1.54, 1.807) is 0 Å². The summed E-state index contributed by atoms with van der Waals surface area (Å²) in [5.41, 5.74) is 7.81. The lowest BCUT2D eigenvalue weighted by Gasteiger charge is -2.19. The highest BCUT2D eigenvalue weighted by atomic mass is 16.5. The van der Waals surface area contributed by atoms with E-state index in [2.05, 4.69) is 22.2 Å². The molecule has 94 valence electrons. The number of unbranched alkanes of at least 4 members (excludes halogenated alkanes) is 2. The van der Waals surface area contributed by atoms with Crippen molar-refractivity contribution in [2.24, 2.45) is 0 Å². The molecule has 0 saturated carbocycles. The van der Waals surface area contributed by atoms with Crippen LogP contribution in [0.25, 0.3) is 0 Å². The van der Waals surface area contributed by atoms with Gasteiger partial charge in [-0.2, -0.15) is 4.98 Å². The third kappa shape index (κ3) is 3.06. The first-order valence-electron chi connectivity index (χ1n) is 6.28. The molecule has 0 amide bonds. The van der Waals surface area contributed by atoms with Crippen LogP contribution in [-0.4, -0.2) is 23.1 Å². The molecule has 1 aromatic rings. The van der Waals surface area contributed by atoms with Crippen LogP contribution in [0.2, 0.25) is 0 Å². The van der Waals surface area contributed by atoms with Crippen molar-refractivity contribution in [1.29, 1.82) is 0 Å². The number of rotatable bonds is 5. The van der Waals surface area contributed by atoms with E-state index in [4.69, 9.17) is 10.5 Å². The smallest absolute Gasteiger partial charge is 0.222 e. The van der Waals surface area contributed by atoms with Gasteiger partial charge in [0.1, 0.15) is 5.82 Å². The number of nitrogens with one attached hydrogen (secondary N) is 1. The maximum absolute atomic E-state index is 5.71. The Balaban J connectivity index is 2.07.